The van der Waals surface area contributed by atoms with Gasteiger partial charge in [-0.15, -0.1) is 0 Å². The Kier molecular flexibility index (Phi) is 3.29. The van der Waals surface area contributed by atoms with Crippen molar-refractivity contribution in [1.82, 2.24) is 20.3 Å². The molecule has 0 bridgehead atoms. The predicted octanol–water partition coefficient (Wildman–Crippen LogP) is 1.09. The lowest BCUT2D eigenvalue weighted by Gasteiger charge is -2.12. The number of rotatable bonds is 3. The predicted molar refractivity (Wildman–Crippen MR) is 67.5 cm³/mol. The number of carbonyl (C=O) groups is 1. The van der Waals surface area contributed by atoms with Gasteiger partial charge in [0.05, 0.1) is 17.1 Å². The van der Waals surface area contributed by atoms with E-state index in [-0.39, 0.29) is 16.8 Å². The van der Waals surface area contributed by atoms with Crippen LogP contribution in [-0.2, 0) is 4.79 Å². The van der Waals surface area contributed by atoms with Crippen LogP contribution in [0.3, 0.4) is 0 Å². The van der Waals surface area contributed by atoms with Gasteiger partial charge in [0, 0.05) is 0 Å². The number of fused-ring (bicyclic) bond motifs is 1. The van der Waals surface area contributed by atoms with Crippen molar-refractivity contribution in [3.8, 4) is 0 Å². The van der Waals surface area contributed by atoms with E-state index >= 15 is 0 Å². The summed E-state index contributed by atoms with van der Waals surface area (Å²) in [4.78, 5) is 33.3. The van der Waals surface area contributed by atoms with Gasteiger partial charge in [-0.25, -0.2) is 9.97 Å². The number of aryl methyl sites for hydroxylation is 1. The lowest BCUT2D eigenvalue weighted by Crippen LogP contribution is -2.20. The number of H-pyrrole nitrogens is 1. The summed E-state index contributed by atoms with van der Waals surface area (Å²) < 4.78 is 0. The minimum atomic E-state index is -0.377. The van der Waals surface area contributed by atoms with Crippen molar-refractivity contribution in [3.63, 3.8) is 0 Å². The Labute approximate surface area is 107 Å². The second-order valence-electron chi connectivity index (χ2n) is 3.88. The first-order valence-electron chi connectivity index (χ1n) is 5.29. The van der Waals surface area contributed by atoms with E-state index in [1.807, 2.05) is 0 Å². The Morgan fingerprint density at radius 2 is 2.22 bits per heavy atom. The van der Waals surface area contributed by atoms with E-state index in [2.05, 4.69) is 20.3 Å². The number of nitrogens with zero attached hydrogens (tertiary/aromatic N) is 2. The monoisotopic (exact) mass is 266 g/mol. The van der Waals surface area contributed by atoms with E-state index in [0.29, 0.717) is 28.8 Å². The van der Waals surface area contributed by atoms with Gasteiger partial charge in [0.15, 0.2) is 0 Å². The largest absolute Gasteiger partial charge is 0.350 e. The van der Waals surface area contributed by atoms with Crippen LogP contribution in [0.1, 0.15) is 24.5 Å². The van der Waals surface area contributed by atoms with Gasteiger partial charge >= 0.3 is 0 Å². The zero-order valence-corrected chi connectivity index (χ0v) is 10.6. The molecule has 1 amide bonds. The van der Waals surface area contributed by atoms with Gasteiger partial charge in [0.1, 0.15) is 16.5 Å². The third-order valence-corrected chi connectivity index (χ3v) is 2.73. The highest BCUT2D eigenvalue weighted by atomic mass is 35.5. The van der Waals surface area contributed by atoms with Crippen LogP contribution in [0.25, 0.3) is 10.9 Å². The molecule has 7 heteroatoms. The molecule has 0 spiro atoms. The van der Waals surface area contributed by atoms with Crippen LogP contribution >= 0.6 is 11.6 Å². The second kappa shape index (κ2) is 4.73. The Morgan fingerprint density at radius 1 is 1.50 bits per heavy atom. The van der Waals surface area contributed by atoms with Crippen molar-refractivity contribution in [2.75, 3.05) is 0 Å². The average Bonchev–Trinajstić information content (AvgIpc) is 2.29. The molecule has 2 aromatic heterocycles. The third kappa shape index (κ3) is 2.19. The number of nitrogens with one attached hydrogen (secondary N) is 2. The van der Waals surface area contributed by atoms with Crippen LogP contribution in [-0.4, -0.2) is 21.4 Å². The molecule has 0 aliphatic carbocycles. The summed E-state index contributed by atoms with van der Waals surface area (Å²) >= 11 is 5.87. The molecule has 0 aliphatic rings. The van der Waals surface area contributed by atoms with E-state index in [1.54, 1.807) is 13.8 Å². The molecule has 6 nitrogen and oxygen atoms in total. The Bertz CT molecular complexity index is 668. The first-order valence-corrected chi connectivity index (χ1v) is 5.67. The standard InChI is InChI=1S/C11H11ClN4O2/c1-5(13-4-17)9-10-7(3-8(12)16-9)11(18)15-6(2)14-10/h3-5H,1-2H3,(H,13,17)(H,14,15,18). The van der Waals surface area contributed by atoms with Crippen LogP contribution in [0.15, 0.2) is 10.9 Å². The molecule has 0 fully saturated rings. The maximum Gasteiger partial charge on any atom is 0.258 e. The molecule has 0 saturated carbocycles. The van der Waals surface area contributed by atoms with Crippen LogP contribution in [0.2, 0.25) is 5.15 Å². The molecule has 0 radical (unpaired) electrons. The maximum absolute atomic E-state index is 11.8. The molecule has 18 heavy (non-hydrogen) atoms. The van der Waals surface area contributed by atoms with Gasteiger partial charge in [-0.3, -0.25) is 9.59 Å². The summed E-state index contributed by atoms with van der Waals surface area (Å²) in [5.74, 6) is 0.483. The highest BCUT2D eigenvalue weighted by molar-refractivity contribution is 6.30. The second-order valence-corrected chi connectivity index (χ2v) is 4.27. The molecule has 94 valence electrons. The molecular formula is C11H11ClN4O2. The van der Waals surface area contributed by atoms with Crippen molar-refractivity contribution in [2.24, 2.45) is 0 Å². The summed E-state index contributed by atoms with van der Waals surface area (Å²) in [5.41, 5.74) is 0.641. The van der Waals surface area contributed by atoms with Crippen molar-refractivity contribution in [1.29, 1.82) is 0 Å². The minimum absolute atomic E-state index is 0.188. The number of pyridine rings is 1. The van der Waals surface area contributed by atoms with Gasteiger partial charge in [-0.2, -0.15) is 0 Å². The fourth-order valence-corrected chi connectivity index (χ4v) is 1.93. The lowest BCUT2D eigenvalue weighted by molar-refractivity contribution is -0.110. The molecule has 2 aromatic rings. The van der Waals surface area contributed by atoms with Crippen molar-refractivity contribution >= 4 is 28.9 Å². The van der Waals surface area contributed by atoms with E-state index in [1.165, 1.54) is 6.07 Å². The molecule has 1 atom stereocenters. The number of hydrogen-bond donors (Lipinski definition) is 2. The Hall–Kier alpha value is -1.95. The molecule has 0 saturated heterocycles. The van der Waals surface area contributed by atoms with Crippen molar-refractivity contribution in [2.45, 2.75) is 19.9 Å². The molecule has 2 rings (SSSR count). The van der Waals surface area contributed by atoms with Crippen molar-refractivity contribution in [3.05, 3.63) is 33.1 Å². The molecule has 0 aromatic carbocycles. The van der Waals surface area contributed by atoms with Gasteiger partial charge in [0.2, 0.25) is 6.41 Å². The van der Waals surface area contributed by atoms with Gasteiger partial charge < -0.3 is 10.3 Å². The fourth-order valence-electron chi connectivity index (χ4n) is 1.73. The van der Waals surface area contributed by atoms with Crippen LogP contribution in [0, 0.1) is 6.92 Å². The number of aromatic amines is 1. The lowest BCUT2D eigenvalue weighted by atomic mass is 10.1. The summed E-state index contributed by atoms with van der Waals surface area (Å²) in [6.07, 6.45) is 0.569. The van der Waals surface area contributed by atoms with Crippen LogP contribution in [0.5, 0.6) is 0 Å². The third-order valence-electron chi connectivity index (χ3n) is 2.54. The smallest absolute Gasteiger partial charge is 0.258 e. The summed E-state index contributed by atoms with van der Waals surface area (Å²) in [6.45, 7) is 3.42. The van der Waals surface area contributed by atoms with E-state index in [9.17, 15) is 9.59 Å². The van der Waals surface area contributed by atoms with Crippen LogP contribution < -0.4 is 10.9 Å². The summed E-state index contributed by atoms with van der Waals surface area (Å²) in [5, 5.41) is 3.11. The Balaban J connectivity index is 2.79. The number of aromatic nitrogens is 3. The maximum atomic E-state index is 11.8. The number of hydrogen-bond acceptors (Lipinski definition) is 4. The van der Waals surface area contributed by atoms with Gasteiger partial charge in [-0.05, 0) is 19.9 Å². The summed E-state index contributed by atoms with van der Waals surface area (Å²) in [7, 11) is 0. The highest BCUT2D eigenvalue weighted by Crippen LogP contribution is 2.21. The topological polar surface area (TPSA) is 87.7 Å². The average molecular weight is 267 g/mol. The van der Waals surface area contributed by atoms with E-state index < -0.39 is 0 Å². The first-order chi connectivity index (χ1) is 8.52. The van der Waals surface area contributed by atoms with E-state index in [4.69, 9.17) is 11.6 Å². The van der Waals surface area contributed by atoms with Crippen LogP contribution in [0.4, 0.5) is 0 Å². The number of halogens is 1. The molecule has 0 aliphatic heterocycles. The zero-order chi connectivity index (χ0) is 13.3. The normalized spacial score (nSPS) is 12.4. The molecule has 2 N–H and O–H groups in total. The minimum Gasteiger partial charge on any atom is -0.350 e. The highest BCUT2D eigenvalue weighted by Gasteiger charge is 2.15. The first kappa shape index (κ1) is 12.5. The Morgan fingerprint density at radius 3 is 2.89 bits per heavy atom. The SMILES string of the molecule is Cc1nc2c(C(C)NC=O)nc(Cl)cc2c(=O)[nH]1. The molecule has 2 heterocycles. The van der Waals surface area contributed by atoms with Gasteiger partial charge in [0.25, 0.3) is 5.56 Å². The summed E-state index contributed by atoms with van der Waals surface area (Å²) in [6, 6.07) is 1.08. The fraction of sp³-hybridized carbons (Fsp3) is 0.273. The molecular weight excluding hydrogens is 256 g/mol. The quantitative estimate of drug-likeness (QED) is 0.643. The van der Waals surface area contributed by atoms with Gasteiger partial charge in [-0.1, -0.05) is 11.6 Å². The molecule has 1 unspecified atom stereocenters. The number of carbonyl (C=O) groups excluding carboxylic acids is 1. The van der Waals surface area contributed by atoms with Crippen molar-refractivity contribution < 1.29 is 4.79 Å². The number of amides is 1. The zero-order valence-electron chi connectivity index (χ0n) is 9.82. The van der Waals surface area contributed by atoms with E-state index in [0.717, 1.165) is 0 Å².